The summed E-state index contributed by atoms with van der Waals surface area (Å²) in [7, 11) is 1.43. The van der Waals surface area contributed by atoms with Gasteiger partial charge in [0.05, 0.1) is 19.0 Å². The Bertz CT molecular complexity index is 977. The molecular formula is C14H14N8O4. The van der Waals surface area contributed by atoms with Gasteiger partial charge in [0.15, 0.2) is 17.2 Å². The third-order valence-electron chi connectivity index (χ3n) is 3.43. The van der Waals surface area contributed by atoms with E-state index in [0.717, 1.165) is 0 Å². The molecule has 0 saturated heterocycles. The lowest BCUT2D eigenvalue weighted by molar-refractivity contribution is 0.0949. The molecule has 0 aliphatic carbocycles. The molecule has 0 aliphatic heterocycles. The average Bonchev–Trinajstić information content (AvgIpc) is 3.21. The Balaban J connectivity index is 1.76. The maximum atomic E-state index is 12.2. The number of carbonyl (C=O) groups excluding carboxylic acids is 1. The summed E-state index contributed by atoms with van der Waals surface area (Å²) in [6.45, 7) is 1.60. The van der Waals surface area contributed by atoms with Gasteiger partial charge in [0.25, 0.3) is 5.91 Å². The van der Waals surface area contributed by atoms with Crippen molar-refractivity contribution in [1.29, 1.82) is 0 Å². The molecule has 26 heavy (non-hydrogen) atoms. The smallest absolute Gasteiger partial charge is 0.293 e. The SMILES string of the molecule is COc1cccc(C=NNC(=O)c2nnn(-c3nonc3N)c2C)c1O. The molecule has 0 unspecified atom stereocenters. The van der Waals surface area contributed by atoms with Gasteiger partial charge in [-0.3, -0.25) is 4.79 Å². The van der Waals surface area contributed by atoms with Crippen molar-refractivity contribution in [2.75, 3.05) is 12.8 Å². The molecule has 0 bridgehead atoms. The largest absolute Gasteiger partial charge is 0.504 e. The fourth-order valence-electron chi connectivity index (χ4n) is 2.10. The first-order chi connectivity index (χ1) is 12.5. The molecule has 0 saturated carbocycles. The van der Waals surface area contributed by atoms with Gasteiger partial charge >= 0.3 is 0 Å². The quantitative estimate of drug-likeness (QED) is 0.420. The van der Waals surface area contributed by atoms with E-state index >= 15 is 0 Å². The van der Waals surface area contributed by atoms with Crippen LogP contribution in [0.1, 0.15) is 21.7 Å². The van der Waals surface area contributed by atoms with E-state index in [1.54, 1.807) is 25.1 Å². The van der Waals surface area contributed by atoms with Crippen LogP contribution in [0, 0.1) is 6.92 Å². The van der Waals surface area contributed by atoms with Gasteiger partial charge in [-0.25, -0.2) is 10.1 Å². The maximum Gasteiger partial charge on any atom is 0.293 e. The molecule has 0 radical (unpaired) electrons. The number of aromatic nitrogens is 5. The first-order valence-electron chi connectivity index (χ1n) is 7.23. The number of methoxy groups -OCH3 is 1. The second-order valence-corrected chi connectivity index (χ2v) is 5.01. The number of anilines is 1. The third kappa shape index (κ3) is 3.02. The normalized spacial score (nSPS) is 11.0. The van der Waals surface area contributed by atoms with Crippen molar-refractivity contribution in [3.63, 3.8) is 0 Å². The van der Waals surface area contributed by atoms with Crippen LogP contribution < -0.4 is 15.9 Å². The van der Waals surface area contributed by atoms with Crippen LogP contribution in [0.4, 0.5) is 5.82 Å². The lowest BCUT2D eigenvalue weighted by Gasteiger charge is -2.04. The fourth-order valence-corrected chi connectivity index (χ4v) is 2.10. The van der Waals surface area contributed by atoms with Crippen LogP contribution in [-0.2, 0) is 0 Å². The Morgan fingerprint density at radius 2 is 2.27 bits per heavy atom. The molecule has 3 rings (SSSR count). The zero-order valence-electron chi connectivity index (χ0n) is 13.7. The number of carbonyl (C=O) groups is 1. The highest BCUT2D eigenvalue weighted by molar-refractivity contribution is 5.94. The number of phenols is 1. The molecule has 0 spiro atoms. The van der Waals surface area contributed by atoms with Crippen molar-refractivity contribution in [2.24, 2.45) is 5.10 Å². The number of hydrogen-bond donors (Lipinski definition) is 3. The lowest BCUT2D eigenvalue weighted by atomic mass is 10.2. The Kier molecular flexibility index (Phi) is 4.47. The molecular weight excluding hydrogens is 344 g/mol. The molecule has 12 nitrogen and oxygen atoms in total. The van der Waals surface area contributed by atoms with Crippen LogP contribution in [0.25, 0.3) is 5.82 Å². The molecule has 0 fully saturated rings. The first kappa shape index (κ1) is 16.9. The number of nitrogens with one attached hydrogen (secondary N) is 1. The standard InChI is InChI=1S/C14H14N8O4/c1-7-10(17-21-22(7)13-12(15)19-26-20-13)14(24)18-16-6-8-4-3-5-9(25-2)11(8)23/h3-6,23H,1-2H3,(H2,15,19)(H,18,24). The summed E-state index contributed by atoms with van der Waals surface area (Å²) in [5.41, 5.74) is 8.64. The number of para-hydroxylation sites is 1. The minimum Gasteiger partial charge on any atom is -0.504 e. The predicted molar refractivity (Wildman–Crippen MR) is 88.1 cm³/mol. The van der Waals surface area contributed by atoms with Gasteiger partial charge in [0.2, 0.25) is 11.6 Å². The van der Waals surface area contributed by atoms with E-state index < -0.39 is 5.91 Å². The van der Waals surface area contributed by atoms with Gasteiger partial charge in [-0.1, -0.05) is 11.3 Å². The Morgan fingerprint density at radius 3 is 2.96 bits per heavy atom. The number of nitrogens with two attached hydrogens (primary N) is 1. The van der Waals surface area contributed by atoms with Gasteiger partial charge in [-0.2, -0.15) is 9.78 Å². The third-order valence-corrected chi connectivity index (χ3v) is 3.43. The molecule has 1 amide bonds. The Morgan fingerprint density at radius 1 is 1.46 bits per heavy atom. The van der Waals surface area contributed by atoms with E-state index in [1.807, 2.05) is 0 Å². The molecule has 2 heterocycles. The number of nitrogen functional groups attached to an aromatic ring is 1. The number of nitrogens with zero attached hydrogens (tertiary/aromatic N) is 6. The summed E-state index contributed by atoms with van der Waals surface area (Å²) in [6, 6.07) is 4.88. The van der Waals surface area contributed by atoms with Crippen molar-refractivity contribution in [3.05, 3.63) is 35.2 Å². The van der Waals surface area contributed by atoms with Crippen molar-refractivity contribution in [3.8, 4) is 17.3 Å². The van der Waals surface area contributed by atoms with Gasteiger partial charge in [-0.05, 0) is 29.4 Å². The van der Waals surface area contributed by atoms with Crippen LogP contribution in [0.5, 0.6) is 11.5 Å². The van der Waals surface area contributed by atoms with Crippen molar-refractivity contribution >= 4 is 17.9 Å². The molecule has 2 aromatic heterocycles. The summed E-state index contributed by atoms with van der Waals surface area (Å²) in [5, 5.41) is 28.4. The topological polar surface area (TPSA) is 167 Å². The molecule has 134 valence electrons. The second-order valence-electron chi connectivity index (χ2n) is 5.01. The van der Waals surface area contributed by atoms with Gasteiger partial charge in [0.1, 0.15) is 0 Å². The van der Waals surface area contributed by atoms with Crippen molar-refractivity contribution < 1.29 is 19.3 Å². The Labute approximate surface area is 146 Å². The molecule has 4 N–H and O–H groups in total. The summed E-state index contributed by atoms with van der Waals surface area (Å²) in [4.78, 5) is 12.2. The average molecular weight is 358 g/mol. The monoisotopic (exact) mass is 358 g/mol. The molecule has 1 aromatic carbocycles. The second kappa shape index (κ2) is 6.88. The summed E-state index contributed by atoms with van der Waals surface area (Å²) in [5.74, 6) is -0.278. The van der Waals surface area contributed by atoms with Gasteiger partial charge in [-0.15, -0.1) is 5.10 Å². The van der Waals surface area contributed by atoms with E-state index in [1.165, 1.54) is 18.0 Å². The molecule has 3 aromatic rings. The fraction of sp³-hybridized carbons (Fsp3) is 0.143. The highest BCUT2D eigenvalue weighted by Crippen LogP contribution is 2.27. The number of benzene rings is 1. The van der Waals surface area contributed by atoms with Gasteiger partial charge < -0.3 is 15.6 Å². The summed E-state index contributed by atoms with van der Waals surface area (Å²) in [6.07, 6.45) is 1.27. The number of hydrogen-bond acceptors (Lipinski definition) is 10. The summed E-state index contributed by atoms with van der Waals surface area (Å²) >= 11 is 0. The maximum absolute atomic E-state index is 12.2. The number of aromatic hydroxyl groups is 1. The molecule has 0 atom stereocenters. The highest BCUT2D eigenvalue weighted by Gasteiger charge is 2.20. The minimum absolute atomic E-state index is 0.0106. The van der Waals surface area contributed by atoms with Gasteiger partial charge in [0, 0.05) is 5.56 Å². The van der Waals surface area contributed by atoms with E-state index in [4.69, 9.17) is 10.5 Å². The molecule has 0 aliphatic rings. The zero-order chi connectivity index (χ0) is 18.7. The van der Waals surface area contributed by atoms with Crippen molar-refractivity contribution in [1.82, 2.24) is 30.7 Å². The minimum atomic E-state index is -0.609. The van der Waals surface area contributed by atoms with Crippen LogP contribution >= 0.6 is 0 Å². The highest BCUT2D eigenvalue weighted by atomic mass is 16.6. The first-order valence-corrected chi connectivity index (χ1v) is 7.23. The van der Waals surface area contributed by atoms with Crippen molar-refractivity contribution in [2.45, 2.75) is 6.92 Å². The number of rotatable bonds is 5. The number of ether oxygens (including phenoxy) is 1. The van der Waals surface area contributed by atoms with E-state index in [-0.39, 0.29) is 28.8 Å². The zero-order valence-corrected chi connectivity index (χ0v) is 13.7. The van der Waals surface area contributed by atoms with E-state index in [0.29, 0.717) is 11.3 Å². The van der Waals surface area contributed by atoms with Crippen LogP contribution in [-0.4, -0.2) is 49.6 Å². The van der Waals surface area contributed by atoms with Crippen LogP contribution in [0.2, 0.25) is 0 Å². The van der Waals surface area contributed by atoms with E-state index in [9.17, 15) is 9.90 Å². The predicted octanol–water partition coefficient (Wildman–Crippen LogP) is 0.0190. The molecule has 12 heteroatoms. The number of phenolic OH excluding ortho intramolecular Hbond substituents is 1. The van der Waals surface area contributed by atoms with Crippen LogP contribution in [0.3, 0.4) is 0 Å². The van der Waals surface area contributed by atoms with E-state index in [2.05, 4.69) is 35.8 Å². The van der Waals surface area contributed by atoms with Crippen LogP contribution in [0.15, 0.2) is 27.9 Å². The lowest BCUT2D eigenvalue weighted by Crippen LogP contribution is -2.19. The Hall–Kier alpha value is -3.96. The number of amides is 1. The number of hydrazone groups is 1. The summed E-state index contributed by atoms with van der Waals surface area (Å²) < 4.78 is 10.7.